The second-order valence-electron chi connectivity index (χ2n) is 8.48. The number of benzene rings is 1. The Morgan fingerprint density at radius 1 is 1.16 bits per heavy atom. The first kappa shape index (κ1) is 26.4. The fourth-order valence-corrected chi connectivity index (χ4v) is 4.14. The molecule has 0 bridgehead atoms. The number of aliphatic imine (C=N–C) groups is 1. The van der Waals surface area contributed by atoms with Gasteiger partial charge in [-0.25, -0.2) is 0 Å². The van der Waals surface area contributed by atoms with Crippen molar-refractivity contribution in [1.82, 2.24) is 15.5 Å². The molecule has 0 spiro atoms. The maximum Gasteiger partial charge on any atom is 0.191 e. The van der Waals surface area contributed by atoms with Crippen LogP contribution in [0.2, 0.25) is 0 Å². The van der Waals surface area contributed by atoms with Crippen molar-refractivity contribution in [2.24, 2.45) is 4.99 Å². The molecule has 7 heteroatoms. The Bertz CT molecular complexity index is 644. The molecule has 2 aliphatic rings. The minimum atomic E-state index is 0. The Balaban J connectivity index is 0.00000341. The van der Waals surface area contributed by atoms with Gasteiger partial charge in [0.2, 0.25) is 0 Å². The van der Waals surface area contributed by atoms with Crippen LogP contribution in [-0.4, -0.2) is 62.9 Å². The maximum atomic E-state index is 6.06. The van der Waals surface area contributed by atoms with Crippen LogP contribution in [0.25, 0.3) is 0 Å². The summed E-state index contributed by atoms with van der Waals surface area (Å²) < 4.78 is 11.5. The van der Waals surface area contributed by atoms with Crippen molar-refractivity contribution in [2.45, 2.75) is 70.7 Å². The van der Waals surface area contributed by atoms with Gasteiger partial charge in [0.25, 0.3) is 0 Å². The zero-order valence-electron chi connectivity index (χ0n) is 19.3. The number of nitrogens with zero attached hydrogens (tertiary/aromatic N) is 2. The summed E-state index contributed by atoms with van der Waals surface area (Å²) in [4.78, 5) is 7.02. The first-order valence-electron chi connectivity index (χ1n) is 11.7. The number of halogens is 1. The number of hydrogen-bond acceptors (Lipinski definition) is 4. The van der Waals surface area contributed by atoms with E-state index in [0.29, 0.717) is 18.8 Å². The van der Waals surface area contributed by atoms with Gasteiger partial charge < -0.3 is 25.0 Å². The number of guanidine groups is 1. The van der Waals surface area contributed by atoms with Crippen LogP contribution >= 0.6 is 24.0 Å². The van der Waals surface area contributed by atoms with Crippen LogP contribution in [0.3, 0.4) is 0 Å². The molecule has 176 valence electrons. The molecule has 0 amide bonds. The summed E-state index contributed by atoms with van der Waals surface area (Å²) in [6.45, 7) is 8.94. The predicted octanol–water partition coefficient (Wildman–Crippen LogP) is 3.93. The van der Waals surface area contributed by atoms with Crippen LogP contribution in [0.15, 0.2) is 29.3 Å². The van der Waals surface area contributed by atoms with Gasteiger partial charge in [-0.15, -0.1) is 24.0 Å². The van der Waals surface area contributed by atoms with E-state index in [0.717, 1.165) is 38.6 Å². The van der Waals surface area contributed by atoms with Gasteiger partial charge in [0.1, 0.15) is 0 Å². The zero-order chi connectivity index (χ0) is 21.0. The van der Waals surface area contributed by atoms with Gasteiger partial charge in [-0.2, -0.15) is 0 Å². The van der Waals surface area contributed by atoms with E-state index in [2.05, 4.69) is 51.7 Å². The number of nitrogens with one attached hydrogen (secondary N) is 2. The van der Waals surface area contributed by atoms with Crippen molar-refractivity contribution in [3.05, 3.63) is 35.4 Å². The summed E-state index contributed by atoms with van der Waals surface area (Å²) in [6.07, 6.45) is 7.28. The van der Waals surface area contributed by atoms with Gasteiger partial charge in [0.15, 0.2) is 5.96 Å². The first-order valence-corrected chi connectivity index (χ1v) is 11.7. The van der Waals surface area contributed by atoms with Crippen LogP contribution in [0.4, 0.5) is 0 Å². The molecule has 0 aliphatic carbocycles. The van der Waals surface area contributed by atoms with E-state index in [9.17, 15) is 0 Å². The second-order valence-corrected chi connectivity index (χ2v) is 8.48. The van der Waals surface area contributed by atoms with E-state index >= 15 is 0 Å². The molecule has 0 saturated carbocycles. The number of rotatable bonds is 9. The Kier molecular flexibility index (Phi) is 12.8. The molecule has 2 fully saturated rings. The van der Waals surface area contributed by atoms with Crippen LogP contribution < -0.4 is 10.6 Å². The van der Waals surface area contributed by atoms with Crippen LogP contribution in [0, 0.1) is 0 Å². The second kappa shape index (κ2) is 15.0. The van der Waals surface area contributed by atoms with E-state index < -0.39 is 0 Å². The number of piperidine rings is 1. The minimum absolute atomic E-state index is 0. The van der Waals surface area contributed by atoms with Crippen molar-refractivity contribution >= 4 is 29.9 Å². The third kappa shape index (κ3) is 9.63. The fraction of sp³-hybridized carbons (Fsp3) is 0.708. The molecule has 0 unspecified atom stereocenters. The van der Waals surface area contributed by atoms with Gasteiger partial charge in [-0.3, -0.25) is 4.99 Å². The molecule has 0 radical (unpaired) electrons. The minimum Gasteiger partial charge on any atom is -0.381 e. The number of unbranched alkanes of at least 4 members (excludes halogenated alkanes) is 1. The van der Waals surface area contributed by atoms with Gasteiger partial charge >= 0.3 is 0 Å². The summed E-state index contributed by atoms with van der Waals surface area (Å²) in [6, 6.07) is 9.15. The smallest absolute Gasteiger partial charge is 0.191 e. The fourth-order valence-electron chi connectivity index (χ4n) is 4.14. The van der Waals surface area contributed by atoms with E-state index in [1.54, 1.807) is 0 Å². The van der Waals surface area contributed by atoms with E-state index in [-0.39, 0.29) is 24.0 Å². The highest BCUT2D eigenvalue weighted by Crippen LogP contribution is 2.15. The molecule has 0 aromatic heterocycles. The first-order chi connectivity index (χ1) is 14.8. The standard InChI is InChI=1S/C24H40N4O2.HI/c1-3-4-12-28-13-8-22(9-14-28)27-24(25-2)26-18-20-6-5-7-21(17-20)19-30-23-10-15-29-16-11-23;/h5-7,17,22-23H,3-4,8-16,18-19H2,1-2H3,(H2,25,26,27);1H. The third-order valence-corrected chi connectivity index (χ3v) is 6.09. The SMILES string of the molecule is CCCCN1CCC(NC(=NC)NCc2cccc(COC3CCOCC3)c2)CC1.I. The summed E-state index contributed by atoms with van der Waals surface area (Å²) in [7, 11) is 1.85. The molecule has 3 rings (SSSR count). The topological polar surface area (TPSA) is 58.1 Å². The highest BCUT2D eigenvalue weighted by molar-refractivity contribution is 14.0. The quantitative estimate of drug-likeness (QED) is 0.281. The number of ether oxygens (including phenoxy) is 2. The number of likely N-dealkylation sites (tertiary alicyclic amines) is 1. The molecule has 31 heavy (non-hydrogen) atoms. The molecule has 1 aromatic carbocycles. The molecule has 2 aliphatic heterocycles. The lowest BCUT2D eigenvalue weighted by Gasteiger charge is -2.33. The Labute approximate surface area is 205 Å². The summed E-state index contributed by atoms with van der Waals surface area (Å²) in [5.74, 6) is 0.894. The molecular weight excluding hydrogens is 503 g/mol. The number of hydrogen-bond donors (Lipinski definition) is 2. The normalized spacial score (nSPS) is 19.1. The maximum absolute atomic E-state index is 6.06. The molecule has 2 heterocycles. The lowest BCUT2D eigenvalue weighted by molar-refractivity contribution is -0.0390. The van der Waals surface area contributed by atoms with Crippen LogP contribution in [0.5, 0.6) is 0 Å². The Morgan fingerprint density at radius 3 is 2.61 bits per heavy atom. The highest BCUT2D eigenvalue weighted by atomic mass is 127. The lowest BCUT2D eigenvalue weighted by atomic mass is 10.0. The molecule has 1 aromatic rings. The molecule has 2 saturated heterocycles. The molecular formula is C24H41IN4O2. The zero-order valence-corrected chi connectivity index (χ0v) is 21.6. The van der Waals surface area contributed by atoms with Crippen molar-refractivity contribution in [1.29, 1.82) is 0 Å². The summed E-state index contributed by atoms with van der Waals surface area (Å²) in [5.41, 5.74) is 2.48. The van der Waals surface area contributed by atoms with E-state index in [1.807, 2.05) is 7.05 Å². The van der Waals surface area contributed by atoms with Crippen molar-refractivity contribution in [2.75, 3.05) is 39.9 Å². The van der Waals surface area contributed by atoms with Crippen LogP contribution in [-0.2, 0) is 22.6 Å². The van der Waals surface area contributed by atoms with E-state index in [1.165, 1.54) is 56.4 Å². The molecule has 0 atom stereocenters. The predicted molar refractivity (Wildman–Crippen MR) is 138 cm³/mol. The molecule has 6 nitrogen and oxygen atoms in total. The Morgan fingerprint density at radius 2 is 1.90 bits per heavy atom. The van der Waals surface area contributed by atoms with Crippen LogP contribution in [0.1, 0.15) is 56.6 Å². The largest absolute Gasteiger partial charge is 0.381 e. The van der Waals surface area contributed by atoms with Crippen molar-refractivity contribution in [3.8, 4) is 0 Å². The van der Waals surface area contributed by atoms with Gasteiger partial charge in [-0.1, -0.05) is 37.6 Å². The van der Waals surface area contributed by atoms with Gasteiger partial charge in [-0.05, 0) is 49.8 Å². The van der Waals surface area contributed by atoms with Crippen molar-refractivity contribution in [3.63, 3.8) is 0 Å². The monoisotopic (exact) mass is 544 g/mol. The van der Waals surface area contributed by atoms with E-state index in [4.69, 9.17) is 9.47 Å². The average molecular weight is 545 g/mol. The van der Waals surface area contributed by atoms with Gasteiger partial charge in [0, 0.05) is 45.9 Å². The van der Waals surface area contributed by atoms with Gasteiger partial charge in [0.05, 0.1) is 12.7 Å². The van der Waals surface area contributed by atoms with Crippen molar-refractivity contribution < 1.29 is 9.47 Å². The average Bonchev–Trinajstić information content (AvgIpc) is 2.81. The summed E-state index contributed by atoms with van der Waals surface area (Å²) in [5, 5.41) is 7.09. The Hall–Kier alpha value is -0.900. The lowest BCUT2D eigenvalue weighted by Crippen LogP contribution is -2.48. The summed E-state index contributed by atoms with van der Waals surface area (Å²) >= 11 is 0. The highest BCUT2D eigenvalue weighted by Gasteiger charge is 2.19. The third-order valence-electron chi connectivity index (χ3n) is 6.09. The molecule has 2 N–H and O–H groups in total.